The zero-order valence-electron chi connectivity index (χ0n) is 13.7. The number of ether oxygens (including phenoxy) is 1. The van der Waals surface area contributed by atoms with Gasteiger partial charge in [0.2, 0.25) is 11.6 Å². The summed E-state index contributed by atoms with van der Waals surface area (Å²) in [6.45, 7) is -1.38. The third kappa shape index (κ3) is 4.14. The van der Waals surface area contributed by atoms with E-state index < -0.39 is 70.6 Å². The number of hydrogen-bond acceptors (Lipinski definition) is 5. The first-order chi connectivity index (χ1) is 13.4. The number of benzene rings is 1. The first-order valence-electron chi connectivity index (χ1n) is 7.46. The number of rotatable bonds is 4. The van der Waals surface area contributed by atoms with Crippen LogP contribution in [0.15, 0.2) is 27.5 Å². The number of H-pyrrole nitrogens is 1. The van der Waals surface area contributed by atoms with Crippen LogP contribution in [0.2, 0.25) is 0 Å². The Bertz CT molecular complexity index is 1100. The summed E-state index contributed by atoms with van der Waals surface area (Å²) < 4.78 is 112. The standard InChI is InChI=1S/C15H7F8N3O3/c16-8(17)4-28-12-11(15(21,22)23)25-7(3-24-12)5-1-2-6(14(18,19)20)9-10(5)29-13(27)26-9/h1-3,8H,4H2,(H,26,27). The van der Waals surface area contributed by atoms with Gasteiger partial charge in [0, 0.05) is 5.56 Å². The molecule has 2 heterocycles. The molecule has 0 amide bonds. The van der Waals surface area contributed by atoms with Gasteiger partial charge < -0.3 is 9.15 Å². The highest BCUT2D eigenvalue weighted by Crippen LogP contribution is 2.39. The van der Waals surface area contributed by atoms with Crippen molar-refractivity contribution < 1.29 is 44.3 Å². The summed E-state index contributed by atoms with van der Waals surface area (Å²) in [5.74, 6) is -2.51. The van der Waals surface area contributed by atoms with Gasteiger partial charge in [-0.15, -0.1) is 0 Å². The third-order valence-corrected chi connectivity index (χ3v) is 3.51. The van der Waals surface area contributed by atoms with Crippen LogP contribution < -0.4 is 10.5 Å². The van der Waals surface area contributed by atoms with Crippen molar-refractivity contribution in [2.24, 2.45) is 0 Å². The number of oxazole rings is 1. The highest BCUT2D eigenvalue weighted by molar-refractivity contribution is 5.91. The molecule has 29 heavy (non-hydrogen) atoms. The molecule has 6 nitrogen and oxygen atoms in total. The lowest BCUT2D eigenvalue weighted by Gasteiger charge is -2.14. The summed E-state index contributed by atoms with van der Waals surface area (Å²) in [6, 6.07) is 1.26. The number of aromatic amines is 1. The minimum absolute atomic E-state index is 0.412. The number of hydrogen-bond donors (Lipinski definition) is 1. The molecule has 156 valence electrons. The molecule has 2 aromatic heterocycles. The highest BCUT2D eigenvalue weighted by atomic mass is 19.4. The smallest absolute Gasteiger partial charge is 0.438 e. The van der Waals surface area contributed by atoms with Gasteiger partial charge in [-0.1, -0.05) is 0 Å². The lowest BCUT2D eigenvalue weighted by molar-refractivity contribution is -0.143. The summed E-state index contributed by atoms with van der Waals surface area (Å²) in [6.07, 6.45) is -12.5. The topological polar surface area (TPSA) is 81.0 Å². The molecule has 0 aliphatic heterocycles. The Labute approximate surface area is 154 Å². The van der Waals surface area contributed by atoms with E-state index in [1.165, 1.54) is 0 Å². The maximum absolute atomic E-state index is 13.2. The normalized spacial score (nSPS) is 12.7. The Hall–Kier alpha value is -3.19. The van der Waals surface area contributed by atoms with Crippen LogP contribution in [-0.2, 0) is 12.4 Å². The molecule has 0 fully saturated rings. The van der Waals surface area contributed by atoms with Crippen LogP contribution in [-0.4, -0.2) is 28.0 Å². The first-order valence-corrected chi connectivity index (χ1v) is 7.46. The van der Waals surface area contributed by atoms with E-state index in [0.29, 0.717) is 12.3 Å². The van der Waals surface area contributed by atoms with E-state index in [-0.39, 0.29) is 0 Å². The average Bonchev–Trinajstić information content (AvgIpc) is 2.98. The van der Waals surface area contributed by atoms with E-state index in [2.05, 4.69) is 19.1 Å². The molecule has 0 bridgehead atoms. The van der Waals surface area contributed by atoms with E-state index in [1.807, 2.05) is 4.98 Å². The van der Waals surface area contributed by atoms with Crippen LogP contribution >= 0.6 is 0 Å². The molecule has 0 unspecified atom stereocenters. The second-order valence-corrected chi connectivity index (χ2v) is 5.49. The molecule has 1 aromatic carbocycles. The summed E-state index contributed by atoms with van der Waals surface area (Å²) in [4.78, 5) is 19.7. The zero-order chi connectivity index (χ0) is 21.6. The minimum atomic E-state index is -5.18. The Kier molecular flexibility index (Phi) is 4.96. The number of aromatic nitrogens is 3. The van der Waals surface area contributed by atoms with E-state index in [4.69, 9.17) is 0 Å². The Morgan fingerprint density at radius 1 is 1.10 bits per heavy atom. The third-order valence-electron chi connectivity index (χ3n) is 3.51. The maximum Gasteiger partial charge on any atom is 0.438 e. The Morgan fingerprint density at radius 3 is 2.38 bits per heavy atom. The molecule has 0 saturated carbocycles. The van der Waals surface area contributed by atoms with Crippen LogP contribution in [0.4, 0.5) is 35.1 Å². The van der Waals surface area contributed by atoms with Crippen molar-refractivity contribution in [1.29, 1.82) is 0 Å². The van der Waals surface area contributed by atoms with Crippen molar-refractivity contribution in [1.82, 2.24) is 15.0 Å². The van der Waals surface area contributed by atoms with Gasteiger partial charge in [-0.05, 0) is 12.1 Å². The fourth-order valence-corrected chi connectivity index (χ4v) is 2.41. The zero-order valence-corrected chi connectivity index (χ0v) is 13.7. The van der Waals surface area contributed by atoms with E-state index in [0.717, 1.165) is 6.07 Å². The van der Waals surface area contributed by atoms with Crippen LogP contribution in [0.3, 0.4) is 0 Å². The SMILES string of the molecule is O=c1[nH]c2c(C(F)(F)F)ccc(-c3cnc(OCC(F)F)c(C(F)(F)F)n3)c2o1. The fraction of sp³-hybridized carbons (Fsp3) is 0.267. The molecular formula is C15H7F8N3O3. The van der Waals surface area contributed by atoms with Gasteiger partial charge >= 0.3 is 18.1 Å². The molecule has 1 N–H and O–H groups in total. The van der Waals surface area contributed by atoms with Crippen LogP contribution in [0.25, 0.3) is 22.4 Å². The van der Waals surface area contributed by atoms with Gasteiger partial charge in [0.25, 0.3) is 6.43 Å². The quantitative estimate of drug-likeness (QED) is 0.627. The first kappa shape index (κ1) is 20.5. The summed E-state index contributed by atoms with van der Waals surface area (Å²) in [7, 11) is 0. The van der Waals surface area contributed by atoms with Crippen molar-refractivity contribution in [2.75, 3.05) is 6.61 Å². The van der Waals surface area contributed by atoms with Gasteiger partial charge in [-0.2, -0.15) is 26.3 Å². The lowest BCUT2D eigenvalue weighted by atomic mass is 10.1. The highest BCUT2D eigenvalue weighted by Gasteiger charge is 2.39. The predicted molar refractivity (Wildman–Crippen MR) is 79.4 cm³/mol. The van der Waals surface area contributed by atoms with Gasteiger partial charge in [0.15, 0.2) is 12.2 Å². The summed E-state index contributed by atoms with van der Waals surface area (Å²) in [5.41, 5.74) is -5.60. The molecule has 0 spiro atoms. The fourth-order valence-electron chi connectivity index (χ4n) is 2.41. The molecule has 0 aliphatic rings. The number of alkyl halides is 8. The lowest BCUT2D eigenvalue weighted by Crippen LogP contribution is -2.16. The second-order valence-electron chi connectivity index (χ2n) is 5.49. The largest absolute Gasteiger partial charge is 0.470 e. The van der Waals surface area contributed by atoms with Crippen molar-refractivity contribution in [3.63, 3.8) is 0 Å². The van der Waals surface area contributed by atoms with E-state index in [9.17, 15) is 39.9 Å². The molecule has 0 radical (unpaired) electrons. The van der Waals surface area contributed by atoms with Crippen LogP contribution in [0, 0.1) is 0 Å². The molecule has 3 rings (SSSR count). The number of halogens is 8. The van der Waals surface area contributed by atoms with Crippen LogP contribution in [0.5, 0.6) is 5.88 Å². The van der Waals surface area contributed by atoms with Gasteiger partial charge in [0.1, 0.15) is 5.52 Å². The molecule has 14 heteroatoms. The summed E-state index contributed by atoms with van der Waals surface area (Å²) in [5, 5.41) is 0. The van der Waals surface area contributed by atoms with Gasteiger partial charge in [-0.3, -0.25) is 4.98 Å². The monoisotopic (exact) mass is 429 g/mol. The van der Waals surface area contributed by atoms with Crippen molar-refractivity contribution >= 4 is 11.1 Å². The van der Waals surface area contributed by atoms with Gasteiger partial charge in [-0.25, -0.2) is 23.5 Å². The molecule has 3 aromatic rings. The average molecular weight is 429 g/mol. The molecule has 0 saturated heterocycles. The molecular weight excluding hydrogens is 422 g/mol. The number of fused-ring (bicyclic) bond motifs is 1. The number of nitrogens with one attached hydrogen (secondary N) is 1. The van der Waals surface area contributed by atoms with Crippen molar-refractivity contribution in [3.8, 4) is 17.1 Å². The predicted octanol–water partition coefficient (Wildman–Crippen LogP) is 4.26. The van der Waals surface area contributed by atoms with E-state index in [1.54, 1.807) is 0 Å². The van der Waals surface area contributed by atoms with Gasteiger partial charge in [0.05, 0.1) is 17.5 Å². The maximum atomic E-state index is 13.2. The summed E-state index contributed by atoms with van der Waals surface area (Å²) >= 11 is 0. The molecule has 0 aliphatic carbocycles. The van der Waals surface area contributed by atoms with Crippen molar-refractivity contribution in [3.05, 3.63) is 40.1 Å². The van der Waals surface area contributed by atoms with Crippen LogP contribution in [0.1, 0.15) is 11.3 Å². The molecule has 0 atom stereocenters. The Balaban J connectivity index is 2.19. The number of nitrogens with zero attached hydrogens (tertiary/aromatic N) is 2. The minimum Gasteiger partial charge on any atom is -0.470 e. The second kappa shape index (κ2) is 7.00. The Morgan fingerprint density at radius 2 is 1.79 bits per heavy atom. The van der Waals surface area contributed by atoms with Crippen molar-refractivity contribution in [2.45, 2.75) is 18.8 Å². The van der Waals surface area contributed by atoms with E-state index >= 15 is 0 Å².